The van der Waals surface area contributed by atoms with Crippen LogP contribution < -0.4 is 10.1 Å². The van der Waals surface area contributed by atoms with Crippen LogP contribution in [0.3, 0.4) is 0 Å². The highest BCUT2D eigenvalue weighted by atomic mass is 16.5. The minimum Gasteiger partial charge on any atom is -0.456 e. The molecule has 3 rings (SSSR count). The Bertz CT molecular complexity index is 606. The normalized spacial score (nSPS) is 15.2. The first-order chi connectivity index (χ1) is 10.8. The van der Waals surface area contributed by atoms with E-state index < -0.39 is 0 Å². The lowest BCUT2D eigenvalue weighted by molar-refractivity contribution is 0.0766. The number of nitrogens with zero attached hydrogens (tertiary/aromatic N) is 2. The number of benzene rings is 1. The van der Waals surface area contributed by atoms with E-state index in [9.17, 15) is 4.79 Å². The number of carbonyl (C=O) groups is 1. The summed E-state index contributed by atoms with van der Waals surface area (Å²) in [5.74, 6) is 1.46. The van der Waals surface area contributed by atoms with Gasteiger partial charge in [0, 0.05) is 31.4 Å². The molecule has 1 aromatic carbocycles. The van der Waals surface area contributed by atoms with Crippen LogP contribution in [0.15, 0.2) is 48.8 Å². The predicted molar refractivity (Wildman–Crippen MR) is 84.1 cm³/mol. The SMILES string of the molecule is O=C(c1ccc(Oc2cccnc2)cc1)N1CCCNCC1. The third-order valence-corrected chi connectivity index (χ3v) is 3.60. The van der Waals surface area contributed by atoms with Gasteiger partial charge in [0.1, 0.15) is 11.5 Å². The number of nitrogens with one attached hydrogen (secondary N) is 1. The minimum atomic E-state index is 0.0802. The van der Waals surface area contributed by atoms with Gasteiger partial charge in [-0.3, -0.25) is 9.78 Å². The van der Waals surface area contributed by atoms with E-state index in [2.05, 4.69) is 10.3 Å². The van der Waals surface area contributed by atoms with Crippen molar-refractivity contribution in [2.45, 2.75) is 6.42 Å². The van der Waals surface area contributed by atoms with Gasteiger partial charge in [0.25, 0.3) is 5.91 Å². The smallest absolute Gasteiger partial charge is 0.253 e. The van der Waals surface area contributed by atoms with Crippen molar-refractivity contribution in [2.24, 2.45) is 0 Å². The number of rotatable bonds is 3. The molecule has 1 aliphatic rings. The van der Waals surface area contributed by atoms with Crippen molar-refractivity contribution in [3.05, 3.63) is 54.4 Å². The van der Waals surface area contributed by atoms with Crippen LogP contribution in [-0.4, -0.2) is 42.0 Å². The van der Waals surface area contributed by atoms with Crippen LogP contribution in [0.25, 0.3) is 0 Å². The summed E-state index contributed by atoms with van der Waals surface area (Å²) in [6, 6.07) is 10.9. The minimum absolute atomic E-state index is 0.0802. The summed E-state index contributed by atoms with van der Waals surface area (Å²) < 4.78 is 5.68. The Morgan fingerprint density at radius 2 is 1.95 bits per heavy atom. The molecule has 0 atom stereocenters. The summed E-state index contributed by atoms with van der Waals surface area (Å²) in [5.41, 5.74) is 0.695. The fourth-order valence-corrected chi connectivity index (χ4v) is 2.44. The molecular formula is C17H19N3O2. The lowest BCUT2D eigenvalue weighted by atomic mass is 10.2. The van der Waals surface area contributed by atoms with Crippen molar-refractivity contribution >= 4 is 5.91 Å². The van der Waals surface area contributed by atoms with Gasteiger partial charge in [-0.15, -0.1) is 0 Å². The molecule has 1 N–H and O–H groups in total. The van der Waals surface area contributed by atoms with Crippen LogP contribution in [0, 0.1) is 0 Å². The molecule has 1 saturated heterocycles. The molecule has 0 aliphatic carbocycles. The number of amides is 1. The Hall–Kier alpha value is -2.40. The molecule has 114 valence electrons. The summed E-state index contributed by atoms with van der Waals surface area (Å²) in [6.45, 7) is 3.39. The Labute approximate surface area is 129 Å². The molecule has 5 heteroatoms. The van der Waals surface area contributed by atoms with Crippen molar-refractivity contribution in [3.63, 3.8) is 0 Å². The largest absolute Gasteiger partial charge is 0.456 e. The molecule has 22 heavy (non-hydrogen) atoms. The number of carbonyl (C=O) groups excluding carboxylic acids is 1. The van der Waals surface area contributed by atoms with Crippen molar-refractivity contribution in [1.29, 1.82) is 0 Å². The molecule has 2 heterocycles. The van der Waals surface area contributed by atoms with Gasteiger partial charge in [-0.05, 0) is 49.4 Å². The van der Waals surface area contributed by atoms with Gasteiger partial charge in [0.2, 0.25) is 0 Å². The number of aromatic nitrogens is 1. The predicted octanol–water partition coefficient (Wildman–Crippen LogP) is 2.31. The zero-order valence-corrected chi connectivity index (χ0v) is 12.4. The van der Waals surface area contributed by atoms with E-state index in [0.29, 0.717) is 17.1 Å². The Morgan fingerprint density at radius 1 is 1.09 bits per heavy atom. The molecule has 0 spiro atoms. The fourth-order valence-electron chi connectivity index (χ4n) is 2.44. The number of hydrogen-bond donors (Lipinski definition) is 1. The van der Waals surface area contributed by atoms with Crippen LogP contribution in [0.2, 0.25) is 0 Å². The molecule has 0 saturated carbocycles. The van der Waals surface area contributed by atoms with Gasteiger partial charge in [0.15, 0.2) is 0 Å². The summed E-state index contributed by atoms with van der Waals surface area (Å²) in [4.78, 5) is 18.4. The first-order valence-corrected chi connectivity index (χ1v) is 7.51. The van der Waals surface area contributed by atoms with Crippen LogP contribution in [-0.2, 0) is 0 Å². The second-order valence-electron chi connectivity index (χ2n) is 5.21. The Balaban J connectivity index is 1.66. The van der Waals surface area contributed by atoms with Gasteiger partial charge in [-0.1, -0.05) is 0 Å². The third kappa shape index (κ3) is 3.62. The van der Waals surface area contributed by atoms with Crippen LogP contribution >= 0.6 is 0 Å². The van der Waals surface area contributed by atoms with Gasteiger partial charge in [0.05, 0.1) is 6.20 Å². The maximum atomic E-state index is 12.5. The number of ether oxygens (including phenoxy) is 1. The molecule has 0 bridgehead atoms. The van der Waals surface area contributed by atoms with E-state index in [-0.39, 0.29) is 5.91 Å². The average Bonchev–Trinajstić information content (AvgIpc) is 2.85. The second kappa shape index (κ2) is 7.04. The van der Waals surface area contributed by atoms with E-state index in [1.54, 1.807) is 12.4 Å². The van der Waals surface area contributed by atoms with Crippen molar-refractivity contribution in [3.8, 4) is 11.5 Å². The summed E-state index contributed by atoms with van der Waals surface area (Å²) in [6.07, 6.45) is 4.35. The first kappa shape index (κ1) is 14.5. The first-order valence-electron chi connectivity index (χ1n) is 7.51. The van der Waals surface area contributed by atoms with E-state index in [4.69, 9.17) is 4.74 Å². The quantitative estimate of drug-likeness (QED) is 0.944. The monoisotopic (exact) mass is 297 g/mol. The van der Waals surface area contributed by atoms with Gasteiger partial charge in [-0.2, -0.15) is 0 Å². The van der Waals surface area contributed by atoms with Gasteiger partial charge >= 0.3 is 0 Å². The fraction of sp³-hybridized carbons (Fsp3) is 0.294. The summed E-state index contributed by atoms with van der Waals surface area (Å²) >= 11 is 0. The summed E-state index contributed by atoms with van der Waals surface area (Å²) in [7, 11) is 0. The highest BCUT2D eigenvalue weighted by molar-refractivity contribution is 5.94. The third-order valence-electron chi connectivity index (χ3n) is 3.60. The Kier molecular flexibility index (Phi) is 4.65. The molecule has 0 radical (unpaired) electrons. The highest BCUT2D eigenvalue weighted by Crippen LogP contribution is 2.21. The zero-order chi connectivity index (χ0) is 15.2. The lowest BCUT2D eigenvalue weighted by Gasteiger charge is -2.20. The number of pyridine rings is 1. The molecule has 2 aromatic rings. The molecule has 1 amide bonds. The molecule has 1 aliphatic heterocycles. The zero-order valence-electron chi connectivity index (χ0n) is 12.4. The van der Waals surface area contributed by atoms with Crippen molar-refractivity contribution in [2.75, 3.05) is 26.2 Å². The molecule has 5 nitrogen and oxygen atoms in total. The van der Waals surface area contributed by atoms with Crippen molar-refractivity contribution < 1.29 is 9.53 Å². The maximum absolute atomic E-state index is 12.5. The van der Waals surface area contributed by atoms with E-state index in [0.717, 1.165) is 32.6 Å². The van der Waals surface area contributed by atoms with Gasteiger partial charge in [-0.25, -0.2) is 0 Å². The maximum Gasteiger partial charge on any atom is 0.253 e. The van der Waals surface area contributed by atoms with E-state index >= 15 is 0 Å². The van der Waals surface area contributed by atoms with E-state index in [1.165, 1.54) is 0 Å². The van der Waals surface area contributed by atoms with Crippen LogP contribution in [0.5, 0.6) is 11.5 Å². The van der Waals surface area contributed by atoms with Crippen LogP contribution in [0.4, 0.5) is 0 Å². The highest BCUT2D eigenvalue weighted by Gasteiger charge is 2.16. The lowest BCUT2D eigenvalue weighted by Crippen LogP contribution is -2.34. The second-order valence-corrected chi connectivity index (χ2v) is 5.21. The Morgan fingerprint density at radius 3 is 2.73 bits per heavy atom. The topological polar surface area (TPSA) is 54.5 Å². The van der Waals surface area contributed by atoms with Gasteiger partial charge < -0.3 is 15.0 Å². The molecule has 0 unspecified atom stereocenters. The van der Waals surface area contributed by atoms with E-state index in [1.807, 2.05) is 41.3 Å². The molecule has 1 aromatic heterocycles. The average molecular weight is 297 g/mol. The number of hydrogen-bond acceptors (Lipinski definition) is 4. The van der Waals surface area contributed by atoms with Crippen LogP contribution in [0.1, 0.15) is 16.8 Å². The molecule has 1 fully saturated rings. The van der Waals surface area contributed by atoms with Crippen molar-refractivity contribution in [1.82, 2.24) is 15.2 Å². The standard InChI is InChI=1S/C17H19N3O2/c21-17(20-11-2-9-18-10-12-20)14-4-6-15(7-5-14)22-16-3-1-8-19-13-16/h1,3-8,13,18H,2,9-12H2. The molecular weight excluding hydrogens is 278 g/mol. The summed E-state index contributed by atoms with van der Waals surface area (Å²) in [5, 5.41) is 3.30.